The van der Waals surface area contributed by atoms with E-state index in [1.165, 1.54) is 46.5 Å². The zero-order valence-corrected chi connectivity index (χ0v) is 15.7. The van der Waals surface area contributed by atoms with Gasteiger partial charge in [0.15, 0.2) is 0 Å². The van der Waals surface area contributed by atoms with Crippen molar-refractivity contribution in [3.8, 4) is 11.1 Å². The third-order valence-electron chi connectivity index (χ3n) is 4.51. The highest BCUT2D eigenvalue weighted by Gasteiger charge is 2.20. The van der Waals surface area contributed by atoms with E-state index in [2.05, 4.69) is 10.3 Å². The highest BCUT2D eigenvalue weighted by atomic mass is 32.1. The van der Waals surface area contributed by atoms with Crippen molar-refractivity contribution in [2.24, 2.45) is 0 Å². The van der Waals surface area contributed by atoms with Gasteiger partial charge in [-0.25, -0.2) is 9.37 Å². The van der Waals surface area contributed by atoms with Gasteiger partial charge >= 0.3 is 0 Å². The molecule has 5 nitrogen and oxygen atoms in total. The van der Waals surface area contributed by atoms with Crippen LogP contribution < -0.4 is 10.9 Å². The van der Waals surface area contributed by atoms with Crippen molar-refractivity contribution in [3.63, 3.8) is 0 Å². The summed E-state index contributed by atoms with van der Waals surface area (Å²) in [6.07, 6.45) is 1.39. The first-order valence-electron chi connectivity index (χ1n) is 8.65. The molecular formula is C21H16FN3O2S. The lowest BCUT2D eigenvalue weighted by molar-refractivity contribution is -0.118. The normalized spacial score (nSPS) is 12.1. The van der Waals surface area contributed by atoms with Gasteiger partial charge in [-0.1, -0.05) is 30.3 Å². The molecule has 7 heteroatoms. The molecule has 0 aliphatic rings. The maximum atomic E-state index is 13.1. The Morgan fingerprint density at radius 1 is 1.14 bits per heavy atom. The summed E-state index contributed by atoms with van der Waals surface area (Å²) in [5.74, 6) is -0.769. The number of hydrogen-bond acceptors (Lipinski definition) is 4. The molecule has 1 N–H and O–H groups in total. The predicted octanol–water partition coefficient (Wildman–Crippen LogP) is 4.46. The molecule has 2 aromatic carbocycles. The van der Waals surface area contributed by atoms with Gasteiger partial charge in [0.1, 0.15) is 16.7 Å². The molecule has 1 atom stereocenters. The Kier molecular flexibility index (Phi) is 4.75. The number of carbonyl (C=O) groups excluding carboxylic acids is 1. The van der Waals surface area contributed by atoms with Crippen molar-refractivity contribution in [1.29, 1.82) is 0 Å². The second-order valence-electron chi connectivity index (χ2n) is 6.32. The van der Waals surface area contributed by atoms with E-state index in [0.717, 1.165) is 11.1 Å². The van der Waals surface area contributed by atoms with Crippen molar-refractivity contribution in [2.45, 2.75) is 13.0 Å². The van der Waals surface area contributed by atoms with Crippen LogP contribution in [0.1, 0.15) is 13.0 Å². The highest BCUT2D eigenvalue weighted by Crippen LogP contribution is 2.30. The molecule has 0 fully saturated rings. The molecule has 2 aromatic heterocycles. The molecule has 0 aliphatic heterocycles. The molecule has 4 aromatic rings. The van der Waals surface area contributed by atoms with Crippen molar-refractivity contribution < 1.29 is 9.18 Å². The molecule has 28 heavy (non-hydrogen) atoms. The van der Waals surface area contributed by atoms with Crippen molar-refractivity contribution >= 4 is 33.1 Å². The molecule has 0 aliphatic carbocycles. The number of thiophene rings is 1. The summed E-state index contributed by atoms with van der Waals surface area (Å²) < 4.78 is 14.4. The number of halogens is 1. The van der Waals surface area contributed by atoms with E-state index in [1.807, 2.05) is 35.7 Å². The predicted molar refractivity (Wildman–Crippen MR) is 109 cm³/mol. The average molecular weight is 393 g/mol. The summed E-state index contributed by atoms with van der Waals surface area (Å²) in [5.41, 5.74) is 1.92. The number of hydrogen-bond donors (Lipinski definition) is 1. The third kappa shape index (κ3) is 3.32. The number of nitrogens with zero attached hydrogens (tertiary/aromatic N) is 2. The Balaban J connectivity index is 1.70. The number of aromatic nitrogens is 2. The van der Waals surface area contributed by atoms with Gasteiger partial charge in [-0.05, 0) is 36.8 Å². The minimum atomic E-state index is -0.780. The molecule has 0 saturated heterocycles. The van der Waals surface area contributed by atoms with E-state index in [9.17, 15) is 14.0 Å². The molecule has 0 spiro atoms. The van der Waals surface area contributed by atoms with E-state index in [-0.39, 0.29) is 17.3 Å². The number of anilines is 1. The smallest absolute Gasteiger partial charge is 0.263 e. The number of amides is 1. The summed E-state index contributed by atoms with van der Waals surface area (Å²) in [7, 11) is 0. The highest BCUT2D eigenvalue weighted by molar-refractivity contribution is 7.17. The van der Waals surface area contributed by atoms with Gasteiger partial charge < -0.3 is 5.32 Å². The van der Waals surface area contributed by atoms with Crippen LogP contribution >= 0.6 is 11.3 Å². The fourth-order valence-electron chi connectivity index (χ4n) is 2.96. The average Bonchev–Trinajstić information content (AvgIpc) is 3.15. The molecule has 2 heterocycles. The van der Waals surface area contributed by atoms with Gasteiger partial charge in [-0.15, -0.1) is 11.3 Å². The zero-order valence-electron chi connectivity index (χ0n) is 14.9. The maximum Gasteiger partial charge on any atom is 0.263 e. The van der Waals surface area contributed by atoms with Gasteiger partial charge in [0, 0.05) is 16.6 Å². The van der Waals surface area contributed by atoms with Gasteiger partial charge in [0.2, 0.25) is 5.91 Å². The van der Waals surface area contributed by atoms with Crippen LogP contribution in [-0.4, -0.2) is 15.5 Å². The lowest BCUT2D eigenvalue weighted by Gasteiger charge is -2.15. The largest absolute Gasteiger partial charge is 0.324 e. The topological polar surface area (TPSA) is 64.0 Å². The molecular weight excluding hydrogens is 377 g/mol. The Bertz CT molecular complexity index is 1200. The van der Waals surface area contributed by atoms with Gasteiger partial charge in [0.25, 0.3) is 5.56 Å². The number of benzene rings is 2. The van der Waals surface area contributed by atoms with Crippen LogP contribution in [-0.2, 0) is 4.79 Å². The van der Waals surface area contributed by atoms with Crippen LogP contribution in [0.2, 0.25) is 0 Å². The second-order valence-corrected chi connectivity index (χ2v) is 7.18. The number of carbonyl (C=O) groups is 1. The fourth-order valence-corrected chi connectivity index (χ4v) is 3.86. The fraction of sp³-hybridized carbons (Fsp3) is 0.0952. The van der Waals surface area contributed by atoms with Crippen LogP contribution in [0.15, 0.2) is 71.1 Å². The monoisotopic (exact) mass is 393 g/mol. The summed E-state index contributed by atoms with van der Waals surface area (Å²) in [6, 6.07) is 14.3. The van der Waals surface area contributed by atoms with E-state index in [4.69, 9.17) is 0 Å². The first-order chi connectivity index (χ1) is 13.5. The maximum absolute atomic E-state index is 13.1. The molecule has 0 unspecified atom stereocenters. The summed E-state index contributed by atoms with van der Waals surface area (Å²) in [6.45, 7) is 1.63. The lowest BCUT2D eigenvalue weighted by Crippen LogP contribution is -2.31. The lowest BCUT2D eigenvalue weighted by atomic mass is 10.1. The Morgan fingerprint density at radius 3 is 2.57 bits per heavy atom. The summed E-state index contributed by atoms with van der Waals surface area (Å²) in [5, 5.41) is 5.10. The van der Waals surface area contributed by atoms with Crippen molar-refractivity contribution in [3.05, 3.63) is 82.5 Å². The van der Waals surface area contributed by atoms with Gasteiger partial charge in [-0.3, -0.25) is 14.2 Å². The summed E-state index contributed by atoms with van der Waals surface area (Å²) >= 11 is 1.40. The van der Waals surface area contributed by atoms with Crippen LogP contribution in [0.4, 0.5) is 10.1 Å². The van der Waals surface area contributed by atoms with Crippen LogP contribution in [0.5, 0.6) is 0 Å². The Labute approximate surface area is 164 Å². The van der Waals surface area contributed by atoms with Gasteiger partial charge in [0.05, 0.1) is 11.7 Å². The van der Waals surface area contributed by atoms with Crippen LogP contribution in [0, 0.1) is 5.82 Å². The van der Waals surface area contributed by atoms with E-state index >= 15 is 0 Å². The SMILES string of the molecule is C[C@H](C(=O)Nc1ccc(F)cc1)n1cnc2scc(-c3ccccc3)c2c1=O. The molecule has 4 rings (SSSR count). The minimum absolute atomic E-state index is 0.271. The Morgan fingerprint density at radius 2 is 1.86 bits per heavy atom. The van der Waals surface area contributed by atoms with E-state index < -0.39 is 6.04 Å². The van der Waals surface area contributed by atoms with Crippen molar-refractivity contribution in [1.82, 2.24) is 9.55 Å². The quantitative estimate of drug-likeness (QED) is 0.557. The third-order valence-corrected chi connectivity index (χ3v) is 5.40. The zero-order chi connectivity index (χ0) is 19.7. The van der Waals surface area contributed by atoms with E-state index in [1.54, 1.807) is 6.92 Å². The van der Waals surface area contributed by atoms with E-state index in [0.29, 0.717) is 15.9 Å². The molecule has 140 valence electrons. The molecule has 0 saturated carbocycles. The standard InChI is InChI=1S/C21H16FN3O2S/c1-13(19(26)24-16-9-7-15(22)8-10-16)25-12-23-20-18(21(25)27)17(11-28-20)14-5-3-2-4-6-14/h2-13H,1H3,(H,24,26)/t13-/m1/s1. The summed E-state index contributed by atoms with van der Waals surface area (Å²) in [4.78, 5) is 30.7. The van der Waals surface area contributed by atoms with Crippen LogP contribution in [0.25, 0.3) is 21.3 Å². The molecule has 0 radical (unpaired) electrons. The second kappa shape index (κ2) is 7.36. The number of rotatable bonds is 4. The number of nitrogens with one attached hydrogen (secondary N) is 1. The molecule has 1 amide bonds. The first kappa shape index (κ1) is 18.1. The van der Waals surface area contributed by atoms with Crippen molar-refractivity contribution in [2.75, 3.05) is 5.32 Å². The molecule has 0 bridgehead atoms. The van der Waals surface area contributed by atoms with Crippen LogP contribution in [0.3, 0.4) is 0 Å². The van der Waals surface area contributed by atoms with Gasteiger partial charge in [-0.2, -0.15) is 0 Å². The first-order valence-corrected chi connectivity index (χ1v) is 9.53. The Hall–Kier alpha value is -3.32. The minimum Gasteiger partial charge on any atom is -0.324 e. The number of fused-ring (bicyclic) bond motifs is 1.